The molecule has 2 nitrogen and oxygen atoms in total. The first-order valence-corrected chi connectivity index (χ1v) is 6.50. The number of Topliss-reactive ketones (excluding diaryl/α,β-unsaturated/α-hetero) is 1. The zero-order chi connectivity index (χ0) is 15.5. The van der Waals surface area contributed by atoms with E-state index in [1.165, 1.54) is 6.07 Å². The summed E-state index contributed by atoms with van der Waals surface area (Å²) in [7, 11) is 0. The molecule has 0 atom stereocenters. The fourth-order valence-corrected chi connectivity index (χ4v) is 2.07. The molecule has 2 aromatic rings. The van der Waals surface area contributed by atoms with Crippen LogP contribution in [0.5, 0.6) is 0 Å². The van der Waals surface area contributed by atoms with E-state index in [4.69, 9.17) is 11.6 Å². The van der Waals surface area contributed by atoms with E-state index < -0.39 is 11.9 Å². The van der Waals surface area contributed by atoms with Crippen molar-refractivity contribution in [1.29, 1.82) is 0 Å². The lowest BCUT2D eigenvalue weighted by Crippen LogP contribution is -2.10. The highest BCUT2D eigenvalue weighted by Gasteiger charge is 2.32. The van der Waals surface area contributed by atoms with Crippen LogP contribution >= 0.6 is 11.6 Å². The molecule has 1 aromatic heterocycles. The van der Waals surface area contributed by atoms with Crippen LogP contribution in [0, 0.1) is 0 Å². The van der Waals surface area contributed by atoms with Crippen LogP contribution in [-0.4, -0.2) is 10.8 Å². The summed E-state index contributed by atoms with van der Waals surface area (Å²) < 4.78 is 37.1. The van der Waals surface area contributed by atoms with Crippen molar-refractivity contribution < 1.29 is 18.0 Å². The number of benzene rings is 1. The van der Waals surface area contributed by atoms with Gasteiger partial charge in [0, 0.05) is 24.1 Å². The van der Waals surface area contributed by atoms with Gasteiger partial charge < -0.3 is 0 Å². The number of carbonyl (C=O) groups excluding carboxylic acids is 1. The molecule has 0 aliphatic heterocycles. The fraction of sp³-hybridized carbons (Fsp3) is 0.200. The van der Waals surface area contributed by atoms with E-state index in [9.17, 15) is 18.0 Å². The third-order valence-electron chi connectivity index (χ3n) is 2.81. The second kappa shape index (κ2) is 6.26. The van der Waals surface area contributed by atoms with Crippen molar-refractivity contribution in [2.24, 2.45) is 0 Å². The van der Waals surface area contributed by atoms with Gasteiger partial charge in [-0.05, 0) is 29.3 Å². The molecule has 110 valence electrons. The van der Waals surface area contributed by atoms with Crippen molar-refractivity contribution in [2.75, 3.05) is 0 Å². The van der Waals surface area contributed by atoms with Crippen molar-refractivity contribution in [3.8, 4) is 0 Å². The summed E-state index contributed by atoms with van der Waals surface area (Å²) in [5.74, 6) is -0.112. The van der Waals surface area contributed by atoms with E-state index in [-0.39, 0.29) is 18.6 Å². The molecule has 0 fully saturated rings. The molecule has 21 heavy (non-hydrogen) atoms. The van der Waals surface area contributed by atoms with Gasteiger partial charge in [0.05, 0.1) is 0 Å². The summed E-state index contributed by atoms with van der Waals surface area (Å²) in [5, 5.41) is 0.538. The van der Waals surface area contributed by atoms with Gasteiger partial charge in [-0.1, -0.05) is 29.8 Å². The van der Waals surface area contributed by atoms with Crippen LogP contribution in [0.2, 0.25) is 5.02 Å². The zero-order valence-corrected chi connectivity index (χ0v) is 11.6. The lowest BCUT2D eigenvalue weighted by atomic mass is 10.0. The first kappa shape index (κ1) is 15.5. The lowest BCUT2D eigenvalue weighted by Gasteiger charge is -2.06. The average Bonchev–Trinajstić information content (AvgIpc) is 2.38. The van der Waals surface area contributed by atoms with Crippen molar-refractivity contribution in [2.45, 2.75) is 19.0 Å². The van der Waals surface area contributed by atoms with E-state index >= 15 is 0 Å². The number of hydrogen-bond acceptors (Lipinski definition) is 2. The Hall–Kier alpha value is -1.88. The molecule has 0 aliphatic rings. The van der Waals surface area contributed by atoms with Gasteiger partial charge in [0.15, 0.2) is 0 Å². The summed E-state index contributed by atoms with van der Waals surface area (Å²) >= 11 is 5.82. The SMILES string of the molecule is O=C(Cc1ccc(C(F)(F)F)nc1)Cc1cccc(Cl)c1. The standard InChI is InChI=1S/C15H11ClF3NO/c16-12-3-1-2-10(6-12)7-13(21)8-11-4-5-14(20-9-11)15(17,18)19/h1-6,9H,7-8H2. The van der Waals surface area contributed by atoms with Crippen molar-refractivity contribution in [1.82, 2.24) is 4.98 Å². The highest BCUT2D eigenvalue weighted by atomic mass is 35.5. The Bertz CT molecular complexity index is 638. The van der Waals surface area contributed by atoms with Gasteiger partial charge in [0.25, 0.3) is 0 Å². The minimum atomic E-state index is -4.47. The van der Waals surface area contributed by atoms with Crippen LogP contribution in [0.15, 0.2) is 42.6 Å². The molecule has 0 radical (unpaired) electrons. The third-order valence-corrected chi connectivity index (χ3v) is 3.04. The van der Waals surface area contributed by atoms with Gasteiger partial charge in [0.1, 0.15) is 11.5 Å². The van der Waals surface area contributed by atoms with Gasteiger partial charge in [-0.15, -0.1) is 0 Å². The fourth-order valence-electron chi connectivity index (χ4n) is 1.86. The second-order valence-corrected chi connectivity index (χ2v) is 5.01. The number of rotatable bonds is 4. The molecular weight excluding hydrogens is 303 g/mol. The second-order valence-electron chi connectivity index (χ2n) is 4.57. The minimum Gasteiger partial charge on any atom is -0.299 e. The van der Waals surface area contributed by atoms with Crippen LogP contribution in [0.4, 0.5) is 13.2 Å². The molecule has 1 heterocycles. The van der Waals surface area contributed by atoms with E-state index in [1.54, 1.807) is 24.3 Å². The van der Waals surface area contributed by atoms with Gasteiger partial charge >= 0.3 is 6.18 Å². The zero-order valence-electron chi connectivity index (χ0n) is 10.8. The molecule has 0 N–H and O–H groups in total. The molecule has 0 unspecified atom stereocenters. The van der Waals surface area contributed by atoms with Gasteiger partial charge in [-0.3, -0.25) is 9.78 Å². The number of ketones is 1. The third kappa shape index (κ3) is 4.56. The smallest absolute Gasteiger partial charge is 0.299 e. The van der Waals surface area contributed by atoms with Crippen molar-refractivity contribution in [3.05, 3.63) is 64.4 Å². The molecule has 0 saturated heterocycles. The maximum absolute atomic E-state index is 12.4. The average molecular weight is 314 g/mol. The normalized spacial score (nSPS) is 11.4. The van der Waals surface area contributed by atoms with Gasteiger partial charge in [-0.2, -0.15) is 13.2 Å². The molecule has 0 saturated carbocycles. The van der Waals surface area contributed by atoms with E-state index in [0.29, 0.717) is 10.6 Å². The predicted octanol–water partition coefficient (Wildman–Crippen LogP) is 4.11. The Morgan fingerprint density at radius 3 is 2.38 bits per heavy atom. The molecule has 1 aromatic carbocycles. The molecule has 6 heteroatoms. The van der Waals surface area contributed by atoms with Crippen molar-refractivity contribution >= 4 is 17.4 Å². The summed E-state index contributed by atoms with van der Waals surface area (Å²) in [6.07, 6.45) is -3.17. The molecular formula is C15H11ClF3NO. The maximum atomic E-state index is 12.4. The highest BCUT2D eigenvalue weighted by Crippen LogP contribution is 2.27. The largest absolute Gasteiger partial charge is 0.433 e. The quantitative estimate of drug-likeness (QED) is 0.850. The molecule has 0 bridgehead atoms. The number of aromatic nitrogens is 1. The monoisotopic (exact) mass is 313 g/mol. The highest BCUT2D eigenvalue weighted by molar-refractivity contribution is 6.30. The number of hydrogen-bond donors (Lipinski definition) is 0. The van der Waals surface area contributed by atoms with Gasteiger partial charge in [-0.25, -0.2) is 0 Å². The predicted molar refractivity (Wildman–Crippen MR) is 73.1 cm³/mol. The topological polar surface area (TPSA) is 30.0 Å². The van der Waals surface area contributed by atoms with Crippen molar-refractivity contribution in [3.63, 3.8) is 0 Å². The molecule has 0 spiro atoms. The number of pyridine rings is 1. The summed E-state index contributed by atoms with van der Waals surface area (Å²) in [6, 6.07) is 9.05. The minimum absolute atomic E-state index is 0.0393. The number of halogens is 4. The Morgan fingerprint density at radius 2 is 1.81 bits per heavy atom. The first-order valence-electron chi connectivity index (χ1n) is 6.13. The molecule has 2 rings (SSSR count). The summed E-state index contributed by atoms with van der Waals surface area (Å²) in [4.78, 5) is 15.2. The van der Waals surface area contributed by atoms with Crippen LogP contribution in [-0.2, 0) is 23.8 Å². The lowest BCUT2D eigenvalue weighted by molar-refractivity contribution is -0.141. The Kier molecular flexibility index (Phi) is 4.63. The van der Waals surface area contributed by atoms with Crippen LogP contribution in [0.1, 0.15) is 16.8 Å². The van der Waals surface area contributed by atoms with Crippen LogP contribution in [0.25, 0.3) is 0 Å². The molecule has 0 amide bonds. The Labute approximate surface area is 124 Å². The summed E-state index contributed by atoms with van der Waals surface area (Å²) in [6.45, 7) is 0. The van der Waals surface area contributed by atoms with E-state index in [2.05, 4.69) is 4.98 Å². The number of nitrogens with zero attached hydrogens (tertiary/aromatic N) is 1. The Balaban J connectivity index is 2.00. The van der Waals surface area contributed by atoms with Crippen LogP contribution < -0.4 is 0 Å². The van der Waals surface area contributed by atoms with E-state index in [0.717, 1.165) is 17.8 Å². The Morgan fingerprint density at radius 1 is 1.10 bits per heavy atom. The molecule has 0 aliphatic carbocycles. The van der Waals surface area contributed by atoms with E-state index in [1.807, 2.05) is 0 Å². The number of alkyl halides is 3. The summed E-state index contributed by atoms with van der Waals surface area (Å²) in [5.41, 5.74) is 0.260. The van der Waals surface area contributed by atoms with Crippen LogP contribution in [0.3, 0.4) is 0 Å². The number of carbonyl (C=O) groups is 1. The first-order chi connectivity index (χ1) is 9.84. The maximum Gasteiger partial charge on any atom is 0.433 e. The van der Waals surface area contributed by atoms with Gasteiger partial charge in [0.2, 0.25) is 0 Å².